The van der Waals surface area contributed by atoms with Gasteiger partial charge in [0.25, 0.3) is 0 Å². The Morgan fingerprint density at radius 3 is 2.71 bits per heavy atom. The number of benzene rings is 1. The van der Waals surface area contributed by atoms with Crippen LogP contribution >= 0.6 is 23.2 Å². The average molecular weight is 230 g/mol. The van der Waals surface area contributed by atoms with Crippen molar-refractivity contribution in [3.8, 4) is 0 Å². The van der Waals surface area contributed by atoms with Gasteiger partial charge in [-0.05, 0) is 23.8 Å². The normalized spacial score (nSPS) is 10.5. The lowest BCUT2D eigenvalue weighted by molar-refractivity contribution is -0.115. The summed E-state index contributed by atoms with van der Waals surface area (Å²) in [4.78, 5) is 10.9. The quantitative estimate of drug-likeness (QED) is 0.777. The van der Waals surface area contributed by atoms with Crippen LogP contribution in [0.4, 0.5) is 0 Å². The van der Waals surface area contributed by atoms with Crippen molar-refractivity contribution < 1.29 is 4.79 Å². The number of carbonyl (C=O) groups is 1. The maximum absolute atomic E-state index is 10.9. The number of rotatable bonds is 2. The molecule has 4 heteroatoms. The summed E-state index contributed by atoms with van der Waals surface area (Å²) in [6.07, 6.45) is 3.05. The molecule has 0 aromatic heterocycles. The third-order valence-electron chi connectivity index (χ3n) is 1.62. The number of hydrogen-bond donors (Lipinski definition) is 1. The molecule has 1 amide bonds. The van der Waals surface area contributed by atoms with Crippen LogP contribution in [-0.4, -0.2) is 13.0 Å². The maximum Gasteiger partial charge on any atom is 0.243 e. The fourth-order valence-corrected chi connectivity index (χ4v) is 1.36. The summed E-state index contributed by atoms with van der Waals surface area (Å²) in [5.74, 6) is -0.170. The molecule has 1 N–H and O–H groups in total. The van der Waals surface area contributed by atoms with Crippen molar-refractivity contribution in [1.82, 2.24) is 5.32 Å². The fourth-order valence-electron chi connectivity index (χ4n) is 0.885. The van der Waals surface area contributed by atoms with Crippen LogP contribution < -0.4 is 5.32 Å². The van der Waals surface area contributed by atoms with Crippen molar-refractivity contribution in [3.05, 3.63) is 39.9 Å². The predicted molar refractivity (Wildman–Crippen MR) is 59.6 cm³/mol. The topological polar surface area (TPSA) is 29.1 Å². The van der Waals surface area contributed by atoms with E-state index < -0.39 is 0 Å². The van der Waals surface area contributed by atoms with Crippen molar-refractivity contribution in [2.45, 2.75) is 0 Å². The van der Waals surface area contributed by atoms with Crippen molar-refractivity contribution >= 4 is 35.2 Å². The highest BCUT2D eigenvalue weighted by Gasteiger charge is 1.97. The van der Waals surface area contributed by atoms with E-state index in [1.165, 1.54) is 6.08 Å². The highest BCUT2D eigenvalue weighted by molar-refractivity contribution is 6.35. The van der Waals surface area contributed by atoms with Gasteiger partial charge in [0.2, 0.25) is 5.91 Å². The molecule has 74 valence electrons. The van der Waals surface area contributed by atoms with Gasteiger partial charge in [-0.1, -0.05) is 29.3 Å². The molecule has 0 unspecified atom stereocenters. The summed E-state index contributed by atoms with van der Waals surface area (Å²) >= 11 is 11.6. The highest BCUT2D eigenvalue weighted by Crippen LogP contribution is 2.21. The fraction of sp³-hybridized carbons (Fsp3) is 0.100. The van der Waals surface area contributed by atoms with Crippen LogP contribution in [0.1, 0.15) is 5.56 Å². The number of likely N-dealkylation sites (N-methyl/N-ethyl adjacent to an activating group) is 1. The molecule has 0 aliphatic heterocycles. The summed E-state index contributed by atoms with van der Waals surface area (Å²) in [7, 11) is 1.57. The molecule has 2 nitrogen and oxygen atoms in total. The Morgan fingerprint density at radius 2 is 2.14 bits per heavy atom. The van der Waals surface area contributed by atoms with Crippen molar-refractivity contribution in [3.63, 3.8) is 0 Å². The van der Waals surface area contributed by atoms with Crippen LogP contribution in [0.3, 0.4) is 0 Å². The largest absolute Gasteiger partial charge is 0.356 e. The molecule has 1 rings (SSSR count). The third kappa shape index (κ3) is 3.05. The molecule has 0 aliphatic carbocycles. The SMILES string of the molecule is CNC(=O)C=Cc1ccc(Cl)cc1Cl. The molecular weight excluding hydrogens is 221 g/mol. The van der Waals surface area contributed by atoms with Gasteiger partial charge in [0.15, 0.2) is 0 Å². The Morgan fingerprint density at radius 1 is 1.43 bits per heavy atom. The van der Waals surface area contributed by atoms with E-state index in [0.29, 0.717) is 10.0 Å². The molecule has 0 radical (unpaired) electrons. The monoisotopic (exact) mass is 229 g/mol. The summed E-state index contributed by atoms with van der Waals surface area (Å²) < 4.78 is 0. The van der Waals surface area contributed by atoms with E-state index in [1.807, 2.05) is 0 Å². The van der Waals surface area contributed by atoms with Gasteiger partial charge in [0.05, 0.1) is 0 Å². The number of hydrogen-bond acceptors (Lipinski definition) is 1. The first-order valence-corrected chi connectivity index (χ1v) is 4.74. The van der Waals surface area contributed by atoms with Gasteiger partial charge in [-0.15, -0.1) is 0 Å². The Hall–Kier alpha value is -0.990. The lowest BCUT2D eigenvalue weighted by Gasteiger charge is -1.98. The first kappa shape index (κ1) is 11.1. The van der Waals surface area contributed by atoms with Crippen LogP contribution in [-0.2, 0) is 4.79 Å². The van der Waals surface area contributed by atoms with Crippen molar-refractivity contribution in [2.24, 2.45) is 0 Å². The Kier molecular flexibility index (Phi) is 3.98. The van der Waals surface area contributed by atoms with E-state index in [-0.39, 0.29) is 5.91 Å². The zero-order chi connectivity index (χ0) is 10.6. The molecule has 14 heavy (non-hydrogen) atoms. The molecule has 0 spiro atoms. The van der Waals surface area contributed by atoms with Crippen LogP contribution in [0.25, 0.3) is 6.08 Å². The lowest BCUT2D eigenvalue weighted by Crippen LogP contribution is -2.13. The third-order valence-corrected chi connectivity index (χ3v) is 2.19. The smallest absolute Gasteiger partial charge is 0.243 e. The molecule has 1 aromatic rings. The molecule has 0 aliphatic rings. The van der Waals surface area contributed by atoms with Crippen LogP contribution in [0.5, 0.6) is 0 Å². The molecule has 0 heterocycles. The van der Waals surface area contributed by atoms with Gasteiger partial charge in [0, 0.05) is 23.2 Å². The summed E-state index contributed by atoms with van der Waals surface area (Å²) in [6, 6.07) is 5.10. The minimum absolute atomic E-state index is 0.170. The second-order valence-corrected chi connectivity index (χ2v) is 3.46. The lowest BCUT2D eigenvalue weighted by atomic mass is 10.2. The average Bonchev–Trinajstić information content (AvgIpc) is 2.16. The van der Waals surface area contributed by atoms with Crippen molar-refractivity contribution in [1.29, 1.82) is 0 Å². The summed E-state index contributed by atoms with van der Waals surface area (Å²) in [5.41, 5.74) is 0.764. The minimum atomic E-state index is -0.170. The van der Waals surface area contributed by atoms with Gasteiger partial charge in [-0.2, -0.15) is 0 Å². The zero-order valence-electron chi connectivity index (χ0n) is 7.55. The van der Waals surface area contributed by atoms with E-state index in [1.54, 1.807) is 31.3 Å². The molecular formula is C10H9Cl2NO. The van der Waals surface area contributed by atoms with Gasteiger partial charge in [0.1, 0.15) is 0 Å². The van der Waals surface area contributed by atoms with E-state index in [9.17, 15) is 4.79 Å². The Balaban J connectivity index is 2.87. The van der Waals surface area contributed by atoms with E-state index in [0.717, 1.165) is 5.56 Å². The second kappa shape index (κ2) is 5.03. The predicted octanol–water partition coefficient (Wildman–Crippen LogP) is 2.75. The van der Waals surface area contributed by atoms with E-state index in [2.05, 4.69) is 5.32 Å². The van der Waals surface area contributed by atoms with Gasteiger partial charge < -0.3 is 5.32 Å². The first-order chi connectivity index (χ1) is 6.63. The summed E-state index contributed by atoms with van der Waals surface area (Å²) in [5, 5.41) is 3.57. The number of halogens is 2. The standard InChI is InChI=1S/C10H9Cl2NO/c1-13-10(14)5-3-7-2-4-8(11)6-9(7)12/h2-6H,1H3,(H,13,14). The molecule has 0 saturated carbocycles. The van der Waals surface area contributed by atoms with E-state index >= 15 is 0 Å². The molecule has 0 bridgehead atoms. The molecule has 1 aromatic carbocycles. The van der Waals surface area contributed by atoms with E-state index in [4.69, 9.17) is 23.2 Å². The maximum atomic E-state index is 10.9. The number of nitrogens with one attached hydrogen (secondary N) is 1. The van der Waals surface area contributed by atoms with Gasteiger partial charge >= 0.3 is 0 Å². The van der Waals surface area contributed by atoms with Crippen LogP contribution in [0.2, 0.25) is 10.0 Å². The highest BCUT2D eigenvalue weighted by atomic mass is 35.5. The van der Waals surface area contributed by atoms with Gasteiger partial charge in [-0.25, -0.2) is 0 Å². The molecule has 0 atom stereocenters. The summed E-state index contributed by atoms with van der Waals surface area (Å²) in [6.45, 7) is 0. The van der Waals surface area contributed by atoms with Crippen LogP contribution in [0, 0.1) is 0 Å². The zero-order valence-corrected chi connectivity index (χ0v) is 9.06. The Labute approximate surface area is 92.5 Å². The van der Waals surface area contributed by atoms with Crippen LogP contribution in [0.15, 0.2) is 24.3 Å². The molecule has 0 fully saturated rings. The van der Waals surface area contributed by atoms with Gasteiger partial charge in [-0.3, -0.25) is 4.79 Å². The number of amides is 1. The minimum Gasteiger partial charge on any atom is -0.356 e. The Bertz CT molecular complexity index is 374. The molecule has 0 saturated heterocycles. The second-order valence-electron chi connectivity index (χ2n) is 2.61. The number of carbonyl (C=O) groups excluding carboxylic acids is 1. The first-order valence-electron chi connectivity index (χ1n) is 3.98. The van der Waals surface area contributed by atoms with Crippen molar-refractivity contribution in [2.75, 3.05) is 7.05 Å².